The predicted molar refractivity (Wildman–Crippen MR) is 172 cm³/mol. The van der Waals surface area contributed by atoms with E-state index in [2.05, 4.69) is 30.3 Å². The van der Waals surface area contributed by atoms with E-state index in [1.54, 1.807) is 62.5 Å². The van der Waals surface area contributed by atoms with E-state index in [4.69, 9.17) is 4.74 Å². The lowest BCUT2D eigenvalue weighted by Gasteiger charge is -2.20. The average molecular weight is 671 g/mol. The fourth-order valence-electron chi connectivity index (χ4n) is 4.07. The van der Waals surface area contributed by atoms with Crippen LogP contribution in [0.4, 0.5) is 51.6 Å². The van der Waals surface area contributed by atoms with Crippen molar-refractivity contribution in [3.8, 4) is 11.1 Å². The first kappa shape index (κ1) is 34.6. The molecular formula is C31H31F3N7O5S-. The number of halogens is 3. The van der Waals surface area contributed by atoms with Crippen molar-refractivity contribution in [1.29, 1.82) is 0 Å². The van der Waals surface area contributed by atoms with E-state index in [0.717, 1.165) is 17.0 Å². The van der Waals surface area contributed by atoms with Crippen LogP contribution in [0.1, 0.15) is 19.4 Å². The van der Waals surface area contributed by atoms with Crippen molar-refractivity contribution >= 4 is 51.5 Å². The smallest absolute Gasteiger partial charge is 0.416 e. The first-order valence-corrected chi connectivity index (χ1v) is 15.2. The van der Waals surface area contributed by atoms with E-state index in [-0.39, 0.29) is 35.8 Å². The molecule has 0 saturated carbocycles. The molecule has 0 saturated heterocycles. The van der Waals surface area contributed by atoms with Gasteiger partial charge < -0.3 is 30.0 Å². The number of nitrogens with one attached hydrogen (secondary N) is 3. The van der Waals surface area contributed by atoms with Crippen LogP contribution < -0.4 is 20.9 Å². The maximum atomic E-state index is 13.1. The van der Waals surface area contributed by atoms with Gasteiger partial charge in [0.1, 0.15) is 5.82 Å². The topological polar surface area (TPSA) is 158 Å². The molecule has 47 heavy (non-hydrogen) atoms. The monoisotopic (exact) mass is 670 g/mol. The Labute approximate surface area is 270 Å². The molecule has 3 aromatic carbocycles. The molecule has 1 unspecified atom stereocenters. The van der Waals surface area contributed by atoms with Crippen LogP contribution in [0.3, 0.4) is 0 Å². The number of hydrogen-bond acceptors (Lipinski definition) is 10. The summed E-state index contributed by atoms with van der Waals surface area (Å²) in [5.41, 5.74) is 1.29. The first-order valence-electron chi connectivity index (χ1n) is 14.1. The average Bonchev–Trinajstić information content (AvgIpc) is 3.05. The van der Waals surface area contributed by atoms with Gasteiger partial charge in [0.25, 0.3) is 0 Å². The minimum absolute atomic E-state index is 0.0696. The Bertz CT molecular complexity index is 1820. The molecule has 1 heterocycles. The molecule has 4 rings (SSSR count). The Hall–Kier alpha value is -5.22. The molecule has 16 heteroatoms. The summed E-state index contributed by atoms with van der Waals surface area (Å²) in [6, 6.07) is 16.4. The van der Waals surface area contributed by atoms with E-state index in [1.807, 2.05) is 0 Å². The van der Waals surface area contributed by atoms with Gasteiger partial charge in [-0.05, 0) is 55.8 Å². The zero-order valence-corrected chi connectivity index (χ0v) is 26.2. The predicted octanol–water partition coefficient (Wildman–Crippen LogP) is 7.03. The molecule has 0 aliphatic rings. The Morgan fingerprint density at radius 3 is 2.47 bits per heavy atom. The van der Waals surface area contributed by atoms with E-state index in [1.165, 1.54) is 25.2 Å². The van der Waals surface area contributed by atoms with Crippen molar-refractivity contribution in [2.24, 2.45) is 4.36 Å². The summed E-state index contributed by atoms with van der Waals surface area (Å²) in [5, 5.41) is 18.5. The number of aromatic nitrogens is 2. The van der Waals surface area contributed by atoms with E-state index in [9.17, 15) is 32.1 Å². The molecule has 3 amide bonds. The molecule has 0 aliphatic heterocycles. The Morgan fingerprint density at radius 1 is 1.06 bits per heavy atom. The summed E-state index contributed by atoms with van der Waals surface area (Å²) < 4.78 is 60.0. The number of carbonyl (C=O) groups excluding carboxylic acids is 2. The number of nitrogens with zero attached hydrogens (tertiary/aromatic N) is 4. The van der Waals surface area contributed by atoms with Crippen molar-refractivity contribution in [2.75, 3.05) is 41.1 Å². The summed E-state index contributed by atoms with van der Waals surface area (Å²) in [6.07, 6.45) is -3.93. The van der Waals surface area contributed by atoms with Crippen LogP contribution in [0.15, 0.2) is 88.3 Å². The number of anilines is 5. The normalized spacial score (nSPS) is 12.6. The number of urea groups is 1. The standard InChI is InChI=1S/C31H31F3N7O5S/c1-4-46-30(44)40-47(45)25-10-6-8-23(16-25)37-28-35-17-26(27(39-28)36-19(2)18-42)20-11-13-22(14-12-20)38-29(43)41(3)24-9-5-7-21(15-24)31(32,33)34/h5-17,19,42H,4,18H2,1-3H3,(H,38,43)(H2,35,36,37,39)/q-1. The van der Waals surface area contributed by atoms with Crippen LogP contribution in [0.2, 0.25) is 0 Å². The second kappa shape index (κ2) is 15.4. The van der Waals surface area contributed by atoms with Gasteiger partial charge in [0.2, 0.25) is 5.95 Å². The second-order valence-electron chi connectivity index (χ2n) is 9.99. The maximum absolute atomic E-state index is 13.1. The van der Waals surface area contributed by atoms with Crippen molar-refractivity contribution in [3.05, 3.63) is 84.6 Å². The lowest BCUT2D eigenvalue weighted by molar-refractivity contribution is -0.137. The number of alkyl halides is 3. The van der Waals surface area contributed by atoms with Crippen LogP contribution in [-0.4, -0.2) is 53.5 Å². The Morgan fingerprint density at radius 2 is 1.79 bits per heavy atom. The minimum Gasteiger partial charge on any atom is -0.450 e. The highest BCUT2D eigenvalue weighted by Gasteiger charge is 2.31. The van der Waals surface area contributed by atoms with Crippen molar-refractivity contribution in [1.82, 2.24) is 9.97 Å². The van der Waals surface area contributed by atoms with Crippen molar-refractivity contribution < 1.29 is 36.8 Å². The van der Waals surface area contributed by atoms with Gasteiger partial charge in [-0.1, -0.05) is 41.3 Å². The van der Waals surface area contributed by atoms with Gasteiger partial charge in [0.05, 0.1) is 18.8 Å². The van der Waals surface area contributed by atoms with E-state index < -0.39 is 34.5 Å². The molecule has 12 nitrogen and oxygen atoms in total. The molecule has 0 spiro atoms. The number of amides is 3. The third kappa shape index (κ3) is 9.40. The first-order chi connectivity index (χ1) is 22.4. The SMILES string of the molecule is CCOC(=O)N=[S-](=O)c1cccc(Nc2ncc(-c3ccc(NC(=O)N(C)c4cccc(C(F)(F)F)c4)cc3)c(NC(C)CO)n2)c1. The molecule has 4 aromatic rings. The third-order valence-electron chi connectivity index (χ3n) is 6.48. The van der Waals surface area contributed by atoms with Gasteiger partial charge in [0, 0.05) is 41.9 Å². The fraction of sp³-hybridized carbons (Fsp3) is 0.226. The summed E-state index contributed by atoms with van der Waals surface area (Å²) in [6.45, 7) is 3.28. The van der Waals surface area contributed by atoms with E-state index >= 15 is 0 Å². The second-order valence-corrected chi connectivity index (χ2v) is 11.1. The zero-order valence-electron chi connectivity index (χ0n) is 25.4. The minimum atomic E-state index is -4.54. The van der Waals surface area contributed by atoms with E-state index in [0.29, 0.717) is 28.3 Å². The van der Waals surface area contributed by atoms with Gasteiger partial charge in [-0.25, -0.2) is 14.6 Å². The van der Waals surface area contributed by atoms with Crippen LogP contribution in [-0.2, 0) is 25.7 Å². The van der Waals surface area contributed by atoms with Crippen molar-refractivity contribution in [3.63, 3.8) is 0 Å². The van der Waals surface area contributed by atoms with Gasteiger partial charge in [-0.15, -0.1) is 10.6 Å². The highest BCUT2D eigenvalue weighted by Crippen LogP contribution is 2.32. The Kier molecular flexibility index (Phi) is 11.3. The van der Waals surface area contributed by atoms with Crippen molar-refractivity contribution in [2.45, 2.75) is 31.0 Å². The molecule has 0 bridgehead atoms. The van der Waals surface area contributed by atoms with Gasteiger partial charge in [0.15, 0.2) is 0 Å². The molecule has 1 aromatic heterocycles. The number of carbonyl (C=O) groups is 2. The number of benzene rings is 3. The van der Waals surface area contributed by atoms with Gasteiger partial charge >= 0.3 is 18.3 Å². The van der Waals surface area contributed by atoms with Crippen LogP contribution in [0, 0.1) is 0 Å². The van der Waals surface area contributed by atoms with Crippen LogP contribution >= 0.6 is 0 Å². The fourth-order valence-corrected chi connectivity index (χ4v) is 4.79. The Balaban J connectivity index is 1.53. The molecule has 4 N–H and O–H groups in total. The van der Waals surface area contributed by atoms with Crippen LogP contribution in [0.5, 0.6) is 0 Å². The summed E-state index contributed by atoms with van der Waals surface area (Å²) >= 11 is 0. The lowest BCUT2D eigenvalue weighted by atomic mass is 10.1. The molecule has 0 aliphatic carbocycles. The number of ether oxygens (including phenoxy) is 1. The summed E-state index contributed by atoms with van der Waals surface area (Å²) in [7, 11) is -0.626. The number of rotatable bonds is 10. The molecule has 0 fully saturated rings. The quantitative estimate of drug-likeness (QED) is 0.130. The molecule has 0 radical (unpaired) electrons. The highest BCUT2D eigenvalue weighted by atomic mass is 32.2. The third-order valence-corrected chi connectivity index (χ3v) is 7.45. The number of hydrogen-bond donors (Lipinski definition) is 4. The maximum Gasteiger partial charge on any atom is 0.416 e. The largest absolute Gasteiger partial charge is 0.450 e. The van der Waals surface area contributed by atoms with Crippen LogP contribution in [0.25, 0.3) is 11.1 Å². The highest BCUT2D eigenvalue weighted by molar-refractivity contribution is 7.75. The summed E-state index contributed by atoms with van der Waals surface area (Å²) in [4.78, 5) is 34.6. The molecule has 248 valence electrons. The summed E-state index contributed by atoms with van der Waals surface area (Å²) in [5.74, 6) is 0.551. The molecule has 1 atom stereocenters. The molecular weight excluding hydrogens is 639 g/mol. The number of aliphatic hydroxyl groups is 1. The zero-order chi connectivity index (χ0) is 34.1. The lowest BCUT2D eigenvalue weighted by Crippen LogP contribution is -2.31. The van der Waals surface area contributed by atoms with Gasteiger partial charge in [-0.2, -0.15) is 18.2 Å². The van der Waals surface area contributed by atoms with Gasteiger partial charge in [-0.3, -0.25) is 9.26 Å². The number of aliphatic hydroxyl groups excluding tert-OH is 1.